The number of carbonyl (C=O) groups excluding carboxylic acids is 2. The van der Waals surface area contributed by atoms with Crippen LogP contribution in [0.2, 0.25) is 5.02 Å². The van der Waals surface area contributed by atoms with Crippen LogP contribution in [-0.4, -0.2) is 18.0 Å². The van der Waals surface area contributed by atoms with E-state index in [-0.39, 0.29) is 0 Å². The monoisotopic (exact) mass is 333 g/mol. The van der Waals surface area contributed by atoms with Crippen LogP contribution in [-0.2, 0) is 4.79 Å². The van der Waals surface area contributed by atoms with Crippen LogP contribution in [0.1, 0.15) is 6.92 Å². The Morgan fingerprint density at radius 1 is 1.13 bits per heavy atom. The second-order valence-corrected chi connectivity index (χ2v) is 5.18. The highest BCUT2D eigenvalue weighted by Crippen LogP contribution is 2.29. The molecule has 0 spiro atoms. The highest BCUT2D eigenvalue weighted by molar-refractivity contribution is 6.32. The molecule has 2 aromatic carbocycles. The molecule has 7 heteroatoms. The number of hydrogen-bond acceptors (Lipinski definition) is 4. The molecule has 6 nitrogen and oxygen atoms in total. The molecule has 2 aromatic rings. The molecule has 4 N–H and O–H groups in total. The van der Waals surface area contributed by atoms with E-state index in [0.717, 1.165) is 0 Å². The number of nitrogens with two attached hydrogens (primary N) is 1. The molecule has 0 aliphatic heterocycles. The van der Waals surface area contributed by atoms with E-state index < -0.39 is 18.0 Å². The number of imide groups is 1. The molecule has 0 saturated heterocycles. The molecule has 2 rings (SSSR count). The van der Waals surface area contributed by atoms with Crippen LogP contribution in [0.5, 0.6) is 11.5 Å². The van der Waals surface area contributed by atoms with Crippen molar-refractivity contribution < 1.29 is 14.3 Å². The highest BCUT2D eigenvalue weighted by Gasteiger charge is 2.14. The molecule has 120 valence electrons. The number of ether oxygens (including phenoxy) is 1. The van der Waals surface area contributed by atoms with Gasteiger partial charge >= 0.3 is 6.03 Å². The standard InChI is InChI=1S/C16H16ClN3O3/c1-10(15(21)20-16(18)22)19-11-6-8-12(9-7-11)23-14-5-3-2-4-13(14)17/h2-10,19H,1H3,(H3,18,20,21,22). The number of carbonyl (C=O) groups is 2. The van der Waals surface area contributed by atoms with Crippen molar-refractivity contribution in [1.29, 1.82) is 0 Å². The van der Waals surface area contributed by atoms with Crippen molar-refractivity contribution in [3.05, 3.63) is 53.6 Å². The van der Waals surface area contributed by atoms with Crippen LogP contribution in [0.25, 0.3) is 0 Å². The summed E-state index contributed by atoms with van der Waals surface area (Å²) in [5, 5.41) is 5.48. The lowest BCUT2D eigenvalue weighted by molar-refractivity contribution is -0.120. The molecule has 0 bridgehead atoms. The van der Waals surface area contributed by atoms with E-state index in [0.29, 0.717) is 22.2 Å². The Bertz CT molecular complexity index is 704. The smallest absolute Gasteiger partial charge is 0.318 e. The van der Waals surface area contributed by atoms with E-state index in [4.69, 9.17) is 22.1 Å². The first-order chi connectivity index (χ1) is 11.0. The zero-order chi connectivity index (χ0) is 16.8. The maximum absolute atomic E-state index is 11.6. The summed E-state index contributed by atoms with van der Waals surface area (Å²) in [6, 6.07) is 12.6. The number of amides is 3. The summed E-state index contributed by atoms with van der Waals surface area (Å²) < 4.78 is 5.67. The fourth-order valence-electron chi connectivity index (χ4n) is 1.82. The number of hydrogen-bond donors (Lipinski definition) is 3. The minimum absolute atomic E-state index is 0.506. The van der Waals surface area contributed by atoms with Gasteiger partial charge in [0.15, 0.2) is 0 Å². The molecule has 0 aromatic heterocycles. The summed E-state index contributed by atoms with van der Waals surface area (Å²) in [6.07, 6.45) is 0. The van der Waals surface area contributed by atoms with Gasteiger partial charge in [0.25, 0.3) is 0 Å². The Morgan fingerprint density at radius 2 is 1.78 bits per heavy atom. The Kier molecular flexibility index (Phi) is 5.43. The van der Waals surface area contributed by atoms with Crippen molar-refractivity contribution in [2.45, 2.75) is 13.0 Å². The number of anilines is 1. The molecule has 1 unspecified atom stereocenters. The third-order valence-electron chi connectivity index (χ3n) is 2.94. The number of urea groups is 1. The average molecular weight is 334 g/mol. The predicted molar refractivity (Wildman–Crippen MR) is 88.8 cm³/mol. The van der Waals surface area contributed by atoms with E-state index in [1.807, 2.05) is 17.4 Å². The van der Waals surface area contributed by atoms with Gasteiger partial charge in [-0.25, -0.2) is 4.79 Å². The van der Waals surface area contributed by atoms with Crippen LogP contribution < -0.4 is 21.1 Å². The molecule has 1 atom stereocenters. The average Bonchev–Trinajstić information content (AvgIpc) is 2.50. The van der Waals surface area contributed by atoms with E-state index in [9.17, 15) is 9.59 Å². The summed E-state index contributed by atoms with van der Waals surface area (Å²) in [5.41, 5.74) is 5.60. The Labute approximate surface area is 138 Å². The predicted octanol–water partition coefficient (Wildman–Crippen LogP) is 3.13. The van der Waals surface area contributed by atoms with Crippen molar-refractivity contribution in [2.75, 3.05) is 5.32 Å². The lowest BCUT2D eigenvalue weighted by atomic mass is 10.2. The fourth-order valence-corrected chi connectivity index (χ4v) is 1.99. The molecule has 3 amide bonds. The van der Waals surface area contributed by atoms with Crippen LogP contribution in [0, 0.1) is 0 Å². The topological polar surface area (TPSA) is 93.4 Å². The Balaban J connectivity index is 1.98. The highest BCUT2D eigenvalue weighted by atomic mass is 35.5. The van der Waals surface area contributed by atoms with Crippen molar-refractivity contribution in [2.24, 2.45) is 5.73 Å². The van der Waals surface area contributed by atoms with Gasteiger partial charge in [0.2, 0.25) is 5.91 Å². The van der Waals surface area contributed by atoms with Gasteiger partial charge in [0.1, 0.15) is 17.5 Å². The number of para-hydroxylation sites is 1. The lowest BCUT2D eigenvalue weighted by Gasteiger charge is -2.14. The first kappa shape index (κ1) is 16.6. The largest absolute Gasteiger partial charge is 0.456 e. The second kappa shape index (κ2) is 7.51. The summed E-state index contributed by atoms with van der Waals surface area (Å²) in [6.45, 7) is 1.62. The van der Waals surface area contributed by atoms with Crippen LogP contribution in [0.4, 0.5) is 10.5 Å². The second-order valence-electron chi connectivity index (χ2n) is 4.78. The zero-order valence-corrected chi connectivity index (χ0v) is 13.1. The number of benzene rings is 2. The van der Waals surface area contributed by atoms with Gasteiger partial charge in [-0.15, -0.1) is 0 Å². The van der Waals surface area contributed by atoms with Gasteiger partial charge in [-0.3, -0.25) is 10.1 Å². The quantitative estimate of drug-likeness (QED) is 0.783. The van der Waals surface area contributed by atoms with Crippen molar-refractivity contribution >= 4 is 29.2 Å². The van der Waals surface area contributed by atoms with Crippen molar-refractivity contribution in [3.63, 3.8) is 0 Å². The first-order valence-corrected chi connectivity index (χ1v) is 7.23. The molecule has 0 aliphatic carbocycles. The molecule has 0 fully saturated rings. The van der Waals surface area contributed by atoms with Gasteiger partial charge in [-0.1, -0.05) is 23.7 Å². The van der Waals surface area contributed by atoms with E-state index in [1.54, 1.807) is 43.3 Å². The summed E-state index contributed by atoms with van der Waals surface area (Å²) >= 11 is 6.03. The van der Waals surface area contributed by atoms with Gasteiger partial charge in [0, 0.05) is 5.69 Å². The van der Waals surface area contributed by atoms with Gasteiger partial charge in [-0.05, 0) is 43.3 Å². The van der Waals surface area contributed by atoms with Gasteiger partial charge in [0.05, 0.1) is 5.02 Å². The summed E-state index contributed by atoms with van der Waals surface area (Å²) in [5.74, 6) is 0.663. The summed E-state index contributed by atoms with van der Waals surface area (Å²) in [4.78, 5) is 22.2. The Morgan fingerprint density at radius 3 is 2.39 bits per heavy atom. The van der Waals surface area contributed by atoms with Crippen LogP contribution >= 0.6 is 11.6 Å². The molecule has 23 heavy (non-hydrogen) atoms. The number of halogens is 1. The molecule has 0 aliphatic rings. The lowest BCUT2D eigenvalue weighted by Crippen LogP contribution is -2.43. The van der Waals surface area contributed by atoms with Gasteiger partial charge in [-0.2, -0.15) is 0 Å². The molecule has 0 saturated carbocycles. The minimum atomic E-state index is -0.882. The van der Waals surface area contributed by atoms with Gasteiger partial charge < -0.3 is 15.8 Å². The van der Waals surface area contributed by atoms with Crippen LogP contribution in [0.3, 0.4) is 0 Å². The Hall–Kier alpha value is -2.73. The van der Waals surface area contributed by atoms with Crippen LogP contribution in [0.15, 0.2) is 48.5 Å². The first-order valence-electron chi connectivity index (χ1n) is 6.85. The third kappa shape index (κ3) is 4.89. The summed E-state index contributed by atoms with van der Waals surface area (Å²) in [7, 11) is 0. The molecular formula is C16H16ClN3O3. The number of primary amides is 1. The van der Waals surface area contributed by atoms with Crippen molar-refractivity contribution in [3.8, 4) is 11.5 Å². The van der Waals surface area contributed by atoms with Crippen molar-refractivity contribution in [1.82, 2.24) is 5.32 Å². The normalized spacial score (nSPS) is 11.4. The fraction of sp³-hybridized carbons (Fsp3) is 0.125. The number of rotatable bonds is 5. The maximum Gasteiger partial charge on any atom is 0.318 e. The molecule has 0 heterocycles. The van der Waals surface area contributed by atoms with E-state index in [2.05, 4.69) is 5.32 Å². The molecular weight excluding hydrogens is 318 g/mol. The molecule has 0 radical (unpaired) electrons. The SMILES string of the molecule is CC(Nc1ccc(Oc2ccccc2Cl)cc1)C(=O)NC(N)=O. The maximum atomic E-state index is 11.6. The zero-order valence-electron chi connectivity index (χ0n) is 12.4. The van der Waals surface area contributed by atoms with E-state index >= 15 is 0 Å². The third-order valence-corrected chi connectivity index (χ3v) is 3.25. The van der Waals surface area contributed by atoms with E-state index in [1.165, 1.54) is 0 Å². The number of nitrogens with one attached hydrogen (secondary N) is 2. The minimum Gasteiger partial charge on any atom is -0.456 e.